The minimum absolute atomic E-state index is 0.00288. The van der Waals surface area contributed by atoms with Crippen LogP contribution in [0.15, 0.2) is 47.6 Å². The molecule has 0 spiro atoms. The molecule has 4 rings (SSSR count). The molecule has 2 aromatic rings. The van der Waals surface area contributed by atoms with E-state index < -0.39 is 10.3 Å². The second-order valence-corrected chi connectivity index (χ2v) is 8.30. The van der Waals surface area contributed by atoms with E-state index in [0.717, 1.165) is 18.4 Å². The van der Waals surface area contributed by atoms with Crippen LogP contribution >= 0.6 is 0 Å². The first-order valence-electron chi connectivity index (χ1n) is 10.7. The molecule has 2 aliphatic rings. The number of nitro benzene ring substituents is 1. The lowest BCUT2D eigenvalue weighted by molar-refractivity contribution is -0.384. The molecule has 0 aromatic heterocycles. The molecule has 2 aromatic carbocycles. The zero-order chi connectivity index (χ0) is 22.6. The Hall–Kier alpha value is -3.69. The molecular formula is C24H24N4O4. The number of hydrogen-bond acceptors (Lipinski definition) is 5. The van der Waals surface area contributed by atoms with Gasteiger partial charge in [-0.05, 0) is 67.8 Å². The average Bonchev–Trinajstić information content (AvgIpc) is 3.28. The van der Waals surface area contributed by atoms with Crippen molar-refractivity contribution in [2.45, 2.75) is 56.1 Å². The van der Waals surface area contributed by atoms with Crippen molar-refractivity contribution in [2.75, 3.05) is 7.11 Å². The zero-order valence-corrected chi connectivity index (χ0v) is 17.9. The summed E-state index contributed by atoms with van der Waals surface area (Å²) in [5.41, 5.74) is 9.84. The maximum Gasteiger partial charge on any atom is 0.270 e. The SMILES string of the molecule is COc1ccc(C2(C#Cc3cccc([N+](=O)[O-])c3)CC(N=[N+]=[N-])C2)cc1OC1CCCC1. The molecule has 0 aliphatic heterocycles. The highest BCUT2D eigenvalue weighted by Gasteiger charge is 2.44. The molecule has 2 fully saturated rings. The highest BCUT2D eigenvalue weighted by Crippen LogP contribution is 2.47. The number of rotatable bonds is 6. The van der Waals surface area contributed by atoms with Gasteiger partial charge in [-0.3, -0.25) is 10.1 Å². The van der Waals surface area contributed by atoms with Gasteiger partial charge in [0.25, 0.3) is 5.69 Å². The molecule has 2 saturated carbocycles. The van der Waals surface area contributed by atoms with E-state index in [2.05, 4.69) is 21.9 Å². The topological polar surface area (TPSA) is 110 Å². The summed E-state index contributed by atoms with van der Waals surface area (Å²) in [6.07, 6.45) is 5.73. The lowest BCUT2D eigenvalue weighted by Gasteiger charge is -2.42. The molecule has 0 N–H and O–H groups in total. The summed E-state index contributed by atoms with van der Waals surface area (Å²) in [5, 5.41) is 14.9. The molecule has 0 saturated heterocycles. The fraction of sp³-hybridized carbons (Fsp3) is 0.417. The Morgan fingerprint density at radius 3 is 2.66 bits per heavy atom. The molecule has 0 atom stereocenters. The fourth-order valence-corrected chi connectivity index (χ4v) is 4.45. The highest BCUT2D eigenvalue weighted by molar-refractivity contribution is 5.52. The molecule has 164 valence electrons. The molecule has 32 heavy (non-hydrogen) atoms. The van der Waals surface area contributed by atoms with Gasteiger partial charge >= 0.3 is 0 Å². The maximum absolute atomic E-state index is 11.1. The minimum Gasteiger partial charge on any atom is -0.493 e. The number of nitrogens with zero attached hydrogens (tertiary/aromatic N) is 4. The summed E-state index contributed by atoms with van der Waals surface area (Å²) in [6, 6.07) is 12.0. The van der Waals surface area contributed by atoms with Crippen molar-refractivity contribution in [1.29, 1.82) is 0 Å². The van der Waals surface area contributed by atoms with Crippen molar-refractivity contribution in [1.82, 2.24) is 0 Å². The summed E-state index contributed by atoms with van der Waals surface area (Å²) in [5.74, 6) is 7.80. The largest absolute Gasteiger partial charge is 0.493 e. The number of nitro groups is 1. The van der Waals surface area contributed by atoms with Crippen molar-refractivity contribution >= 4 is 5.69 Å². The first-order chi connectivity index (χ1) is 15.5. The van der Waals surface area contributed by atoms with E-state index in [4.69, 9.17) is 15.0 Å². The minimum atomic E-state index is -0.524. The smallest absolute Gasteiger partial charge is 0.270 e. The van der Waals surface area contributed by atoms with Gasteiger partial charge in [0, 0.05) is 28.6 Å². The third-order valence-corrected chi connectivity index (χ3v) is 6.20. The number of ether oxygens (including phenoxy) is 2. The number of azide groups is 1. The highest BCUT2D eigenvalue weighted by atomic mass is 16.6. The molecule has 0 radical (unpaired) electrons. The predicted molar refractivity (Wildman–Crippen MR) is 120 cm³/mol. The van der Waals surface area contributed by atoms with Gasteiger partial charge in [-0.15, -0.1) is 0 Å². The van der Waals surface area contributed by atoms with Gasteiger partial charge in [0.05, 0.1) is 23.6 Å². The first kappa shape index (κ1) is 21.5. The number of benzene rings is 2. The summed E-state index contributed by atoms with van der Waals surface area (Å²) in [6.45, 7) is 0. The normalized spacial score (nSPS) is 22.1. The van der Waals surface area contributed by atoms with Gasteiger partial charge in [-0.2, -0.15) is 0 Å². The van der Waals surface area contributed by atoms with E-state index in [-0.39, 0.29) is 17.8 Å². The lowest BCUT2D eigenvalue weighted by Crippen LogP contribution is -2.42. The van der Waals surface area contributed by atoms with Crippen molar-refractivity contribution in [2.24, 2.45) is 5.11 Å². The average molecular weight is 432 g/mol. The van der Waals surface area contributed by atoms with Crippen LogP contribution < -0.4 is 9.47 Å². The van der Waals surface area contributed by atoms with Gasteiger partial charge in [0.15, 0.2) is 11.5 Å². The zero-order valence-electron chi connectivity index (χ0n) is 17.9. The van der Waals surface area contributed by atoms with Gasteiger partial charge in [-0.1, -0.05) is 29.1 Å². The van der Waals surface area contributed by atoms with Crippen LogP contribution in [0.3, 0.4) is 0 Å². The van der Waals surface area contributed by atoms with Gasteiger partial charge in [0.1, 0.15) is 0 Å². The Morgan fingerprint density at radius 1 is 1.19 bits per heavy atom. The van der Waals surface area contributed by atoms with Gasteiger partial charge in [0.2, 0.25) is 0 Å². The molecule has 8 nitrogen and oxygen atoms in total. The van der Waals surface area contributed by atoms with Crippen LogP contribution in [0.1, 0.15) is 49.7 Å². The Bertz CT molecular complexity index is 1120. The lowest BCUT2D eigenvalue weighted by atomic mass is 9.62. The van der Waals surface area contributed by atoms with Crippen LogP contribution in [0, 0.1) is 22.0 Å². The molecule has 0 unspecified atom stereocenters. The number of methoxy groups -OCH3 is 1. The number of hydrogen-bond donors (Lipinski definition) is 0. The van der Waals surface area contributed by atoms with Crippen molar-refractivity contribution in [3.63, 3.8) is 0 Å². The van der Waals surface area contributed by atoms with E-state index in [1.807, 2.05) is 18.2 Å². The third kappa shape index (κ3) is 4.48. The quantitative estimate of drug-likeness (QED) is 0.146. The summed E-state index contributed by atoms with van der Waals surface area (Å²) >= 11 is 0. The van der Waals surface area contributed by atoms with Crippen LogP contribution in [0.25, 0.3) is 10.4 Å². The monoisotopic (exact) mass is 432 g/mol. The van der Waals surface area contributed by atoms with Crippen molar-refractivity contribution in [3.8, 4) is 23.3 Å². The number of non-ortho nitro benzene ring substituents is 1. The standard InChI is InChI=1S/C24H24N4O4/c1-31-22-10-9-18(14-23(22)32-21-7-2-3-8-21)24(15-19(16-24)26-27-25)12-11-17-5-4-6-20(13-17)28(29)30/h4-6,9-10,13-14,19,21H,2-3,7-8,15-16H2,1H3. The molecule has 8 heteroatoms. The van der Waals surface area contributed by atoms with E-state index >= 15 is 0 Å². The van der Waals surface area contributed by atoms with E-state index in [1.54, 1.807) is 19.2 Å². The van der Waals surface area contributed by atoms with E-state index in [9.17, 15) is 10.1 Å². The molecule has 0 bridgehead atoms. The van der Waals surface area contributed by atoms with Crippen LogP contribution in [0.4, 0.5) is 5.69 Å². The second kappa shape index (κ2) is 9.21. The first-order valence-corrected chi connectivity index (χ1v) is 10.7. The van der Waals surface area contributed by atoms with E-state index in [0.29, 0.717) is 29.9 Å². The van der Waals surface area contributed by atoms with Crippen LogP contribution in [-0.2, 0) is 5.41 Å². The predicted octanol–water partition coefficient (Wildman–Crippen LogP) is 5.69. The van der Waals surface area contributed by atoms with E-state index in [1.165, 1.54) is 25.0 Å². The Balaban J connectivity index is 1.68. The van der Waals surface area contributed by atoms with Crippen molar-refractivity contribution < 1.29 is 14.4 Å². The van der Waals surface area contributed by atoms with Gasteiger partial charge in [-0.25, -0.2) is 0 Å². The Morgan fingerprint density at radius 2 is 1.97 bits per heavy atom. The Kier molecular flexibility index (Phi) is 6.20. The molecule has 0 amide bonds. The van der Waals surface area contributed by atoms with Crippen LogP contribution in [0.2, 0.25) is 0 Å². The van der Waals surface area contributed by atoms with Gasteiger partial charge < -0.3 is 9.47 Å². The summed E-state index contributed by atoms with van der Waals surface area (Å²) in [4.78, 5) is 13.6. The summed E-state index contributed by atoms with van der Waals surface area (Å²) < 4.78 is 11.8. The van der Waals surface area contributed by atoms with Crippen molar-refractivity contribution in [3.05, 3.63) is 74.1 Å². The summed E-state index contributed by atoms with van der Waals surface area (Å²) in [7, 11) is 1.62. The molecular weight excluding hydrogens is 408 g/mol. The molecule has 0 heterocycles. The Labute approximate surface area is 186 Å². The fourth-order valence-electron chi connectivity index (χ4n) is 4.45. The molecule has 2 aliphatic carbocycles. The van der Waals surface area contributed by atoms with Crippen LogP contribution in [0.5, 0.6) is 11.5 Å². The van der Waals surface area contributed by atoms with Crippen LogP contribution in [-0.4, -0.2) is 24.2 Å². The maximum atomic E-state index is 11.1. The second-order valence-electron chi connectivity index (χ2n) is 8.30. The third-order valence-electron chi connectivity index (χ3n) is 6.20.